The number of fused-ring (bicyclic) bond motifs is 1. The molecule has 0 aliphatic carbocycles. The summed E-state index contributed by atoms with van der Waals surface area (Å²) in [4.78, 5) is 33.8. The lowest BCUT2D eigenvalue weighted by Crippen LogP contribution is -2.39. The van der Waals surface area contributed by atoms with Crippen molar-refractivity contribution in [3.63, 3.8) is 0 Å². The second kappa shape index (κ2) is 11.9. The van der Waals surface area contributed by atoms with Crippen LogP contribution in [0.1, 0.15) is 35.0 Å². The molecule has 2 heterocycles. The van der Waals surface area contributed by atoms with Crippen LogP contribution in [0, 0.1) is 6.92 Å². The zero-order valence-corrected chi connectivity index (χ0v) is 21.2. The van der Waals surface area contributed by atoms with E-state index in [0.717, 1.165) is 12.8 Å². The molecule has 0 saturated carbocycles. The number of unbranched alkanes of at least 4 members (excludes halogenated alkanes) is 1. The van der Waals surface area contributed by atoms with Gasteiger partial charge in [0.25, 0.3) is 10.0 Å². The average Bonchev–Trinajstić information content (AvgIpc) is 3.17. The summed E-state index contributed by atoms with van der Waals surface area (Å²) < 4.78 is 37.0. The van der Waals surface area contributed by atoms with E-state index >= 15 is 0 Å². The summed E-state index contributed by atoms with van der Waals surface area (Å²) in [5.41, 5.74) is 1.24. The molecule has 3 N–H and O–H groups in total. The molecule has 0 unspecified atom stereocenters. The Morgan fingerprint density at radius 2 is 1.86 bits per heavy atom. The lowest BCUT2D eigenvalue weighted by Gasteiger charge is -2.10. The summed E-state index contributed by atoms with van der Waals surface area (Å²) in [6, 6.07) is 5.09. The number of nitrogens with one attached hydrogen (secondary N) is 3. The SMILES string of the molecule is CCCCNC(=O)NS(=O)(=O)c1ccc(Nc2ncnc3sc(C(=O)OCCOC)c(C)c23)cc1. The number of hydrogen-bond donors (Lipinski definition) is 3. The summed E-state index contributed by atoms with van der Waals surface area (Å²) in [5.74, 6) is -0.00184. The topological polar surface area (TPSA) is 149 Å². The number of ether oxygens (including phenoxy) is 2. The molecule has 2 aromatic heterocycles. The van der Waals surface area contributed by atoms with E-state index in [4.69, 9.17) is 9.47 Å². The molecule has 1 aromatic carbocycles. The molecule has 0 aliphatic heterocycles. The average molecular weight is 522 g/mol. The fraction of sp³-hybridized carbons (Fsp3) is 0.364. The number of hydrogen-bond acceptors (Lipinski definition) is 10. The van der Waals surface area contributed by atoms with E-state index in [1.807, 2.05) is 11.6 Å². The molecule has 0 atom stereocenters. The molecule has 0 spiro atoms. The van der Waals surface area contributed by atoms with Gasteiger partial charge in [-0.25, -0.2) is 32.7 Å². The van der Waals surface area contributed by atoms with Gasteiger partial charge in [-0.1, -0.05) is 13.3 Å². The van der Waals surface area contributed by atoms with Gasteiger partial charge in [-0.3, -0.25) is 0 Å². The number of aryl methyl sites for hydroxylation is 1. The molecule has 0 aliphatic rings. The van der Waals surface area contributed by atoms with Crippen LogP contribution in [0.25, 0.3) is 10.2 Å². The molecular formula is C22H27N5O6S2. The number of carbonyl (C=O) groups excluding carboxylic acids is 2. The van der Waals surface area contributed by atoms with Crippen LogP contribution in [0.2, 0.25) is 0 Å². The van der Waals surface area contributed by atoms with Crippen molar-refractivity contribution in [2.45, 2.75) is 31.6 Å². The Hall–Kier alpha value is -3.29. The highest BCUT2D eigenvalue weighted by Crippen LogP contribution is 2.35. The van der Waals surface area contributed by atoms with Crippen molar-refractivity contribution in [2.75, 3.05) is 32.2 Å². The lowest BCUT2D eigenvalue weighted by atomic mass is 10.2. The van der Waals surface area contributed by atoms with Gasteiger partial charge in [-0.05, 0) is 43.2 Å². The molecule has 0 fully saturated rings. The second-order valence-electron chi connectivity index (χ2n) is 7.45. The smallest absolute Gasteiger partial charge is 0.348 e. The van der Waals surface area contributed by atoms with Gasteiger partial charge in [0.2, 0.25) is 0 Å². The van der Waals surface area contributed by atoms with Gasteiger partial charge in [-0.2, -0.15) is 0 Å². The number of methoxy groups -OCH3 is 1. The Bertz CT molecular complexity index is 1290. The largest absolute Gasteiger partial charge is 0.459 e. The molecule has 0 radical (unpaired) electrons. The van der Waals surface area contributed by atoms with Crippen LogP contribution in [0.15, 0.2) is 35.5 Å². The van der Waals surface area contributed by atoms with Crippen LogP contribution in [-0.4, -0.2) is 57.3 Å². The van der Waals surface area contributed by atoms with Crippen molar-refractivity contribution in [3.8, 4) is 0 Å². The highest BCUT2D eigenvalue weighted by atomic mass is 32.2. The molecule has 3 aromatic rings. The first kappa shape index (κ1) is 26.3. The second-order valence-corrected chi connectivity index (χ2v) is 10.1. The van der Waals surface area contributed by atoms with E-state index in [1.54, 1.807) is 19.1 Å². The number of rotatable bonds is 11. The van der Waals surface area contributed by atoms with Gasteiger partial charge < -0.3 is 20.1 Å². The number of amides is 2. The highest BCUT2D eigenvalue weighted by Gasteiger charge is 2.21. The first-order valence-electron chi connectivity index (χ1n) is 10.8. The molecule has 188 valence electrons. The van der Waals surface area contributed by atoms with E-state index in [0.29, 0.717) is 45.3 Å². The van der Waals surface area contributed by atoms with Crippen LogP contribution in [0.5, 0.6) is 0 Å². The van der Waals surface area contributed by atoms with Gasteiger partial charge in [0.1, 0.15) is 28.5 Å². The van der Waals surface area contributed by atoms with Crippen molar-refractivity contribution in [1.82, 2.24) is 20.0 Å². The Kier molecular flexibility index (Phi) is 8.95. The van der Waals surface area contributed by atoms with Crippen molar-refractivity contribution in [3.05, 3.63) is 41.0 Å². The first-order chi connectivity index (χ1) is 16.8. The number of anilines is 2. The number of sulfonamides is 1. The third kappa shape index (κ3) is 6.65. The fourth-order valence-corrected chi connectivity index (χ4v) is 5.07. The van der Waals surface area contributed by atoms with E-state index in [-0.39, 0.29) is 11.5 Å². The molecule has 3 rings (SSSR count). The third-order valence-electron chi connectivity index (χ3n) is 4.90. The summed E-state index contributed by atoms with van der Waals surface area (Å²) in [5, 5.41) is 6.31. The minimum atomic E-state index is -4.02. The zero-order valence-electron chi connectivity index (χ0n) is 19.6. The van der Waals surface area contributed by atoms with Crippen molar-refractivity contribution in [2.24, 2.45) is 0 Å². The number of carbonyl (C=O) groups is 2. The highest BCUT2D eigenvalue weighted by molar-refractivity contribution is 7.90. The van der Waals surface area contributed by atoms with Crippen LogP contribution in [0.4, 0.5) is 16.3 Å². The monoisotopic (exact) mass is 521 g/mol. The minimum absolute atomic E-state index is 0.0608. The number of urea groups is 1. The predicted octanol–water partition coefficient (Wildman–Crippen LogP) is 3.33. The number of nitrogens with zero attached hydrogens (tertiary/aromatic N) is 2. The van der Waals surface area contributed by atoms with E-state index in [1.165, 1.54) is 36.9 Å². The van der Waals surface area contributed by atoms with E-state index in [2.05, 4.69) is 20.6 Å². The molecule has 0 bridgehead atoms. The quantitative estimate of drug-likeness (QED) is 0.255. The van der Waals surface area contributed by atoms with Crippen LogP contribution in [0.3, 0.4) is 0 Å². The standard InChI is InChI=1S/C22H27N5O6S2/c1-4-5-10-23-22(29)27-35(30,31)16-8-6-15(7-9-16)26-19-17-14(2)18(21(28)33-12-11-32-3)34-20(17)25-13-24-19/h6-9,13H,4-5,10-12H2,1-3H3,(H2,23,27,29)(H,24,25,26). The first-order valence-corrected chi connectivity index (χ1v) is 13.1. The van der Waals surface area contributed by atoms with Crippen molar-refractivity contribution in [1.29, 1.82) is 0 Å². The maximum absolute atomic E-state index is 12.5. The molecule has 0 saturated heterocycles. The van der Waals surface area contributed by atoms with Gasteiger partial charge in [0.05, 0.1) is 16.9 Å². The Morgan fingerprint density at radius 3 is 2.54 bits per heavy atom. The number of thiophene rings is 1. The number of esters is 1. The maximum atomic E-state index is 12.5. The zero-order chi connectivity index (χ0) is 25.4. The molecule has 13 heteroatoms. The summed E-state index contributed by atoms with van der Waals surface area (Å²) in [7, 11) is -2.49. The predicted molar refractivity (Wildman–Crippen MR) is 133 cm³/mol. The number of aromatic nitrogens is 2. The third-order valence-corrected chi connectivity index (χ3v) is 7.43. The van der Waals surface area contributed by atoms with Crippen LogP contribution < -0.4 is 15.4 Å². The van der Waals surface area contributed by atoms with Gasteiger partial charge in [0, 0.05) is 19.3 Å². The lowest BCUT2D eigenvalue weighted by molar-refractivity contribution is 0.0393. The van der Waals surface area contributed by atoms with Gasteiger partial charge in [-0.15, -0.1) is 11.3 Å². The molecule has 35 heavy (non-hydrogen) atoms. The van der Waals surface area contributed by atoms with Crippen LogP contribution >= 0.6 is 11.3 Å². The Labute approximate surface area is 207 Å². The summed E-state index contributed by atoms with van der Waals surface area (Å²) in [6.07, 6.45) is 3.01. The molecule has 11 nitrogen and oxygen atoms in total. The maximum Gasteiger partial charge on any atom is 0.348 e. The molecular weight excluding hydrogens is 494 g/mol. The Balaban J connectivity index is 1.76. The normalized spacial score (nSPS) is 11.3. The summed E-state index contributed by atoms with van der Waals surface area (Å²) in [6.45, 7) is 4.59. The van der Waals surface area contributed by atoms with Gasteiger partial charge in [0.15, 0.2) is 0 Å². The van der Waals surface area contributed by atoms with Gasteiger partial charge >= 0.3 is 12.0 Å². The van der Waals surface area contributed by atoms with Crippen molar-refractivity contribution >= 4 is 55.1 Å². The minimum Gasteiger partial charge on any atom is -0.459 e. The van der Waals surface area contributed by atoms with E-state index in [9.17, 15) is 18.0 Å². The molecule has 2 amide bonds. The number of benzene rings is 1. The Morgan fingerprint density at radius 1 is 1.11 bits per heavy atom. The van der Waals surface area contributed by atoms with Crippen LogP contribution in [-0.2, 0) is 19.5 Å². The summed E-state index contributed by atoms with van der Waals surface area (Å²) >= 11 is 1.20. The fourth-order valence-electron chi connectivity index (χ4n) is 3.09. The van der Waals surface area contributed by atoms with Crippen molar-refractivity contribution < 1.29 is 27.5 Å². The van der Waals surface area contributed by atoms with E-state index < -0.39 is 22.0 Å².